The van der Waals surface area contributed by atoms with Crippen LogP contribution in [0.5, 0.6) is 0 Å². The van der Waals surface area contributed by atoms with Gasteiger partial charge in [-0.3, -0.25) is 9.00 Å². The predicted molar refractivity (Wildman–Crippen MR) is 115 cm³/mol. The summed E-state index contributed by atoms with van der Waals surface area (Å²) in [6, 6.07) is 7.41. The summed E-state index contributed by atoms with van der Waals surface area (Å²) >= 11 is 0. The van der Waals surface area contributed by atoms with Gasteiger partial charge in [0.1, 0.15) is 5.78 Å². The minimum Gasteiger partial charge on any atom is -0.417 e. The molecule has 1 N–H and O–H groups in total. The Bertz CT molecular complexity index is 620. The first kappa shape index (κ1) is 24.2. The molecule has 6 heteroatoms. The van der Waals surface area contributed by atoms with Crippen molar-refractivity contribution in [3.05, 3.63) is 29.8 Å². The highest BCUT2D eigenvalue weighted by Gasteiger charge is 2.36. The fraction of sp³-hybridized carbons (Fsp3) is 0.667. The van der Waals surface area contributed by atoms with Crippen molar-refractivity contribution >= 4 is 24.9 Å². The van der Waals surface area contributed by atoms with Crippen LogP contribution in [0.2, 0.25) is 18.1 Å². The molecule has 0 aromatic heterocycles. The Labute approximate surface area is 168 Å². The van der Waals surface area contributed by atoms with Crippen molar-refractivity contribution in [2.24, 2.45) is 0 Å². The molecule has 154 valence electrons. The first-order valence-corrected chi connectivity index (χ1v) is 13.9. The lowest BCUT2D eigenvalue weighted by molar-refractivity contribution is -0.120. The highest BCUT2D eigenvalue weighted by molar-refractivity contribution is 7.85. The van der Waals surface area contributed by atoms with Crippen LogP contribution in [0.25, 0.3) is 0 Å². The molecule has 0 aliphatic carbocycles. The van der Waals surface area contributed by atoms with Crippen LogP contribution in [-0.4, -0.2) is 41.9 Å². The van der Waals surface area contributed by atoms with Gasteiger partial charge < -0.3 is 9.53 Å². The van der Waals surface area contributed by atoms with Crippen LogP contribution in [0.3, 0.4) is 0 Å². The maximum atomic E-state index is 12.2. The molecule has 0 amide bonds. The zero-order valence-corrected chi connectivity index (χ0v) is 19.5. The van der Waals surface area contributed by atoms with Crippen molar-refractivity contribution in [3.63, 3.8) is 0 Å². The Balaban J connectivity index is 2.26. The van der Waals surface area contributed by atoms with E-state index in [0.29, 0.717) is 17.9 Å². The van der Waals surface area contributed by atoms with Crippen molar-refractivity contribution in [1.29, 1.82) is 0 Å². The Kier molecular flexibility index (Phi) is 9.55. The van der Waals surface area contributed by atoms with Crippen molar-refractivity contribution in [1.82, 2.24) is 0 Å². The molecule has 0 spiro atoms. The highest BCUT2D eigenvalue weighted by atomic mass is 32.2. The second kappa shape index (κ2) is 10.6. The van der Waals surface area contributed by atoms with Crippen LogP contribution in [0.1, 0.15) is 52.0 Å². The monoisotopic (exact) mass is 412 g/mol. The van der Waals surface area contributed by atoms with Crippen molar-refractivity contribution in [2.45, 2.75) is 82.5 Å². The Morgan fingerprint density at radius 2 is 1.78 bits per heavy atom. The van der Waals surface area contributed by atoms with E-state index in [1.165, 1.54) is 0 Å². The second-order valence-electron chi connectivity index (χ2n) is 8.79. The molecule has 0 saturated carbocycles. The molecule has 0 aliphatic rings. The fourth-order valence-corrected chi connectivity index (χ4v) is 4.54. The van der Waals surface area contributed by atoms with E-state index in [-0.39, 0.29) is 23.0 Å². The summed E-state index contributed by atoms with van der Waals surface area (Å²) in [7, 11) is -3.00. The topological polar surface area (TPSA) is 63.6 Å². The number of carbonyl (C=O) groups is 1. The van der Waals surface area contributed by atoms with E-state index in [2.05, 4.69) is 33.9 Å². The van der Waals surface area contributed by atoms with E-state index in [0.717, 1.165) is 18.4 Å². The molecular weight excluding hydrogens is 376 g/mol. The maximum absolute atomic E-state index is 12.2. The lowest BCUT2D eigenvalue weighted by Crippen LogP contribution is -2.40. The van der Waals surface area contributed by atoms with Gasteiger partial charge in [0, 0.05) is 24.3 Å². The van der Waals surface area contributed by atoms with Gasteiger partial charge in [-0.2, -0.15) is 0 Å². The molecule has 1 aromatic rings. The second-order valence-corrected chi connectivity index (χ2v) is 15.1. The number of aryl methyl sites for hydroxylation is 1. The van der Waals surface area contributed by atoms with Gasteiger partial charge in [0.2, 0.25) is 0 Å². The summed E-state index contributed by atoms with van der Waals surface area (Å²) in [5, 5.41) is 10.3. The largest absolute Gasteiger partial charge is 0.417 e. The van der Waals surface area contributed by atoms with Gasteiger partial charge in [-0.25, -0.2) is 0 Å². The molecule has 0 fully saturated rings. The van der Waals surface area contributed by atoms with Gasteiger partial charge in [-0.05, 0) is 50.0 Å². The lowest BCUT2D eigenvalue weighted by atomic mass is 10.1. The smallest absolute Gasteiger partial charge is 0.191 e. The Morgan fingerprint density at radius 3 is 2.33 bits per heavy atom. The number of Topliss-reactive ketones (excluding diaryl/α,β-unsaturated/α-hetero) is 1. The van der Waals surface area contributed by atoms with Crippen LogP contribution in [-0.2, 0) is 20.0 Å². The molecule has 0 aliphatic heterocycles. The maximum Gasteiger partial charge on any atom is 0.191 e. The average Bonchev–Trinajstić information content (AvgIpc) is 2.53. The third-order valence-corrected chi connectivity index (χ3v) is 11.2. The van der Waals surface area contributed by atoms with Crippen LogP contribution < -0.4 is 0 Å². The van der Waals surface area contributed by atoms with Crippen LogP contribution in [0.15, 0.2) is 29.2 Å². The Hall–Kier alpha value is -0.823. The summed E-state index contributed by atoms with van der Waals surface area (Å²) < 4.78 is 18.4. The number of rotatable bonds is 11. The van der Waals surface area contributed by atoms with Gasteiger partial charge in [0.25, 0.3) is 0 Å². The Morgan fingerprint density at radius 1 is 1.19 bits per heavy atom. The number of hydrogen-bond donors (Lipinski definition) is 1. The number of benzene rings is 1. The first-order valence-electron chi connectivity index (χ1n) is 9.71. The van der Waals surface area contributed by atoms with E-state index in [1.807, 2.05) is 31.2 Å². The van der Waals surface area contributed by atoms with Gasteiger partial charge in [-0.15, -0.1) is 0 Å². The average molecular weight is 413 g/mol. The number of carbonyl (C=O) groups excluding carboxylic acids is 1. The van der Waals surface area contributed by atoms with Gasteiger partial charge >= 0.3 is 0 Å². The summed E-state index contributed by atoms with van der Waals surface area (Å²) in [4.78, 5) is 12.7. The molecule has 0 radical (unpaired) electrons. The summed E-state index contributed by atoms with van der Waals surface area (Å²) in [6.45, 7) is 13.7. The highest BCUT2D eigenvalue weighted by Crippen LogP contribution is 2.36. The molecule has 0 bridgehead atoms. The zero-order chi connectivity index (χ0) is 20.7. The fourth-order valence-electron chi connectivity index (χ4n) is 2.35. The van der Waals surface area contributed by atoms with Gasteiger partial charge in [0.05, 0.1) is 22.7 Å². The summed E-state index contributed by atoms with van der Waals surface area (Å²) in [6.07, 6.45) is 1.27. The molecule has 2 atom stereocenters. The molecule has 27 heavy (non-hydrogen) atoms. The van der Waals surface area contributed by atoms with Crippen molar-refractivity contribution in [2.75, 3.05) is 12.4 Å². The normalized spacial score (nSPS) is 14.8. The SMILES string of the molecule is Cc1ccc([S@](=O)C[C@@H](O)CC(=O)CCCCO[Si](C)(C)C(C)(C)C)cc1. The van der Waals surface area contributed by atoms with E-state index in [1.54, 1.807) is 0 Å². The number of unbranched alkanes of at least 4 members (excludes halogenated alkanes) is 1. The van der Waals surface area contributed by atoms with Crippen molar-refractivity contribution in [3.8, 4) is 0 Å². The number of aliphatic hydroxyl groups excluding tert-OH is 1. The zero-order valence-electron chi connectivity index (χ0n) is 17.7. The minimum atomic E-state index is -1.72. The van der Waals surface area contributed by atoms with Crippen LogP contribution in [0, 0.1) is 6.92 Å². The van der Waals surface area contributed by atoms with E-state index in [9.17, 15) is 14.1 Å². The standard InChI is InChI=1S/C21H36O4SSi/c1-17-10-12-20(13-11-17)26(24)16-19(23)15-18(22)9-7-8-14-25-27(5,6)21(2,3)4/h10-13,19,23H,7-9,14-16H2,1-6H3/t19-,26+/m0/s1. The summed E-state index contributed by atoms with van der Waals surface area (Å²) in [5.41, 5.74) is 1.10. The lowest BCUT2D eigenvalue weighted by Gasteiger charge is -2.36. The summed E-state index contributed by atoms with van der Waals surface area (Å²) in [5.74, 6) is 0.124. The van der Waals surface area contributed by atoms with Gasteiger partial charge in [0.15, 0.2) is 8.32 Å². The van der Waals surface area contributed by atoms with E-state index < -0.39 is 25.2 Å². The number of aliphatic hydroxyl groups is 1. The predicted octanol–water partition coefficient (Wildman–Crippen LogP) is 4.61. The first-order chi connectivity index (χ1) is 12.4. The molecule has 4 nitrogen and oxygen atoms in total. The molecule has 0 heterocycles. The molecule has 1 rings (SSSR count). The molecule has 1 aromatic carbocycles. The minimum absolute atomic E-state index is 0.0238. The van der Waals surface area contributed by atoms with Gasteiger partial charge in [-0.1, -0.05) is 38.5 Å². The molecular formula is C21H36O4SSi. The molecule has 0 unspecified atom stereocenters. The van der Waals surface area contributed by atoms with E-state index in [4.69, 9.17) is 4.43 Å². The van der Waals surface area contributed by atoms with Crippen LogP contribution >= 0.6 is 0 Å². The van der Waals surface area contributed by atoms with Crippen LogP contribution in [0.4, 0.5) is 0 Å². The molecule has 0 saturated heterocycles. The van der Waals surface area contributed by atoms with Crippen molar-refractivity contribution < 1.29 is 18.5 Å². The number of ketones is 1. The number of hydrogen-bond acceptors (Lipinski definition) is 4. The third kappa shape index (κ3) is 8.81. The quantitative estimate of drug-likeness (QED) is 0.426. The van der Waals surface area contributed by atoms with E-state index >= 15 is 0 Å². The third-order valence-electron chi connectivity index (χ3n) is 5.21.